The maximum atomic E-state index is 6.37. The summed E-state index contributed by atoms with van der Waals surface area (Å²) in [5.41, 5.74) is 9.84. The highest BCUT2D eigenvalue weighted by Gasteiger charge is 2.12. The predicted molar refractivity (Wildman–Crippen MR) is 89.1 cm³/mol. The maximum absolute atomic E-state index is 6.37. The van der Waals surface area contributed by atoms with Gasteiger partial charge in [-0.1, -0.05) is 28.1 Å². The van der Waals surface area contributed by atoms with Crippen LogP contribution in [0.25, 0.3) is 0 Å². The van der Waals surface area contributed by atoms with Crippen molar-refractivity contribution in [1.29, 1.82) is 0 Å². The molecule has 2 aromatic carbocycles. The summed E-state index contributed by atoms with van der Waals surface area (Å²) in [6.07, 6.45) is 0.748. The Balaban J connectivity index is 2.23. The van der Waals surface area contributed by atoms with Crippen LogP contribution in [0.2, 0.25) is 0 Å². The number of rotatable bonds is 5. The molecule has 112 valence electrons. The molecule has 1 atom stereocenters. The van der Waals surface area contributed by atoms with Gasteiger partial charge in [0.15, 0.2) is 11.5 Å². The van der Waals surface area contributed by atoms with Gasteiger partial charge in [0.05, 0.1) is 14.2 Å². The monoisotopic (exact) mass is 349 g/mol. The van der Waals surface area contributed by atoms with E-state index >= 15 is 0 Å². The van der Waals surface area contributed by atoms with Crippen molar-refractivity contribution in [2.24, 2.45) is 5.73 Å². The van der Waals surface area contributed by atoms with Crippen molar-refractivity contribution in [2.45, 2.75) is 19.4 Å². The number of methoxy groups -OCH3 is 2. The highest BCUT2D eigenvalue weighted by molar-refractivity contribution is 9.10. The smallest absolute Gasteiger partial charge is 0.160 e. The van der Waals surface area contributed by atoms with Gasteiger partial charge in [-0.15, -0.1) is 0 Å². The highest BCUT2D eigenvalue weighted by Crippen LogP contribution is 2.30. The van der Waals surface area contributed by atoms with E-state index in [0.29, 0.717) is 0 Å². The van der Waals surface area contributed by atoms with Crippen LogP contribution in [0.5, 0.6) is 11.5 Å². The summed E-state index contributed by atoms with van der Waals surface area (Å²) in [6, 6.07) is 12.0. The molecule has 2 N–H and O–H groups in total. The summed E-state index contributed by atoms with van der Waals surface area (Å²) >= 11 is 3.50. The van der Waals surface area contributed by atoms with E-state index < -0.39 is 0 Å². The Morgan fingerprint density at radius 2 is 1.76 bits per heavy atom. The van der Waals surface area contributed by atoms with Gasteiger partial charge in [-0.05, 0) is 54.3 Å². The maximum Gasteiger partial charge on any atom is 0.160 e. The second kappa shape index (κ2) is 6.96. The molecular formula is C17H20BrNO2. The zero-order chi connectivity index (χ0) is 15.4. The topological polar surface area (TPSA) is 44.5 Å². The van der Waals surface area contributed by atoms with Crippen LogP contribution in [-0.4, -0.2) is 14.2 Å². The summed E-state index contributed by atoms with van der Waals surface area (Å²) in [4.78, 5) is 0. The lowest BCUT2D eigenvalue weighted by atomic mass is 9.96. The van der Waals surface area contributed by atoms with Crippen LogP contribution in [0.15, 0.2) is 40.9 Å². The van der Waals surface area contributed by atoms with Crippen LogP contribution in [0.1, 0.15) is 22.7 Å². The van der Waals surface area contributed by atoms with Gasteiger partial charge in [0, 0.05) is 10.5 Å². The van der Waals surface area contributed by atoms with Crippen molar-refractivity contribution < 1.29 is 9.47 Å². The standard InChI is InChI=1S/C17H20BrNO2/c1-11-4-6-13(18)10-14(11)15(19)8-12-5-7-16(20-2)17(9-12)21-3/h4-7,9-10,15H,8,19H2,1-3H3. The van der Waals surface area contributed by atoms with Gasteiger partial charge in [-0.25, -0.2) is 0 Å². The Kier molecular flexibility index (Phi) is 5.26. The van der Waals surface area contributed by atoms with Crippen molar-refractivity contribution in [3.8, 4) is 11.5 Å². The fourth-order valence-electron chi connectivity index (χ4n) is 2.38. The zero-order valence-corrected chi connectivity index (χ0v) is 14.1. The van der Waals surface area contributed by atoms with Gasteiger partial charge in [-0.3, -0.25) is 0 Å². The molecule has 0 saturated heterocycles. The Morgan fingerprint density at radius 3 is 2.43 bits per heavy atom. The third kappa shape index (κ3) is 3.77. The Labute approximate surface area is 134 Å². The molecule has 2 rings (SSSR count). The molecule has 0 radical (unpaired) electrons. The minimum absolute atomic E-state index is 0.0550. The van der Waals surface area contributed by atoms with Gasteiger partial charge < -0.3 is 15.2 Å². The highest BCUT2D eigenvalue weighted by atomic mass is 79.9. The molecule has 0 saturated carbocycles. The fourth-order valence-corrected chi connectivity index (χ4v) is 2.76. The van der Waals surface area contributed by atoms with Crippen molar-refractivity contribution in [2.75, 3.05) is 14.2 Å². The van der Waals surface area contributed by atoms with E-state index in [1.807, 2.05) is 24.3 Å². The lowest BCUT2D eigenvalue weighted by Crippen LogP contribution is -2.14. The van der Waals surface area contributed by atoms with E-state index in [0.717, 1.165) is 33.5 Å². The van der Waals surface area contributed by atoms with Gasteiger partial charge in [0.25, 0.3) is 0 Å². The van der Waals surface area contributed by atoms with E-state index in [9.17, 15) is 0 Å². The minimum atomic E-state index is -0.0550. The van der Waals surface area contributed by atoms with Gasteiger partial charge in [0.2, 0.25) is 0 Å². The molecule has 4 heteroatoms. The molecule has 0 fully saturated rings. The van der Waals surface area contributed by atoms with Crippen LogP contribution < -0.4 is 15.2 Å². The molecule has 0 aliphatic rings. The second-order valence-electron chi connectivity index (χ2n) is 5.00. The molecule has 1 unspecified atom stereocenters. The molecule has 0 heterocycles. The van der Waals surface area contributed by atoms with E-state index in [4.69, 9.17) is 15.2 Å². The Morgan fingerprint density at radius 1 is 1.05 bits per heavy atom. The minimum Gasteiger partial charge on any atom is -0.493 e. The van der Waals surface area contributed by atoms with Crippen LogP contribution in [0, 0.1) is 6.92 Å². The van der Waals surface area contributed by atoms with E-state index in [1.54, 1.807) is 14.2 Å². The average molecular weight is 350 g/mol. The summed E-state index contributed by atoms with van der Waals surface area (Å²) in [7, 11) is 3.27. The largest absolute Gasteiger partial charge is 0.493 e. The van der Waals surface area contributed by atoms with E-state index in [1.165, 1.54) is 5.56 Å². The first-order chi connectivity index (χ1) is 10.0. The first kappa shape index (κ1) is 15.9. The Bertz CT molecular complexity index is 628. The normalized spacial score (nSPS) is 12.0. The van der Waals surface area contributed by atoms with Crippen LogP contribution in [0.4, 0.5) is 0 Å². The van der Waals surface area contributed by atoms with Gasteiger partial charge in [0.1, 0.15) is 0 Å². The molecule has 3 nitrogen and oxygen atoms in total. The van der Waals surface area contributed by atoms with Crippen molar-refractivity contribution >= 4 is 15.9 Å². The summed E-state index contributed by atoms with van der Waals surface area (Å²) in [5, 5.41) is 0. The zero-order valence-electron chi connectivity index (χ0n) is 12.5. The molecule has 0 aromatic heterocycles. The number of nitrogens with two attached hydrogens (primary N) is 1. The molecule has 2 aromatic rings. The summed E-state index contributed by atoms with van der Waals surface area (Å²) < 4.78 is 11.6. The molecule has 0 bridgehead atoms. The molecule has 0 spiro atoms. The summed E-state index contributed by atoms with van der Waals surface area (Å²) in [6.45, 7) is 2.08. The van der Waals surface area contributed by atoms with Crippen molar-refractivity contribution in [3.05, 3.63) is 57.6 Å². The quantitative estimate of drug-likeness (QED) is 0.886. The number of benzene rings is 2. The number of aryl methyl sites for hydroxylation is 1. The Hall–Kier alpha value is -1.52. The number of halogens is 1. The molecule has 0 aliphatic heterocycles. The number of hydrogen-bond donors (Lipinski definition) is 1. The third-order valence-corrected chi connectivity index (χ3v) is 4.04. The summed E-state index contributed by atoms with van der Waals surface area (Å²) in [5.74, 6) is 1.46. The van der Waals surface area contributed by atoms with Crippen LogP contribution in [-0.2, 0) is 6.42 Å². The van der Waals surface area contributed by atoms with E-state index in [2.05, 4.69) is 35.0 Å². The predicted octanol–water partition coefficient (Wildman–Crippen LogP) is 4.02. The molecule has 21 heavy (non-hydrogen) atoms. The molecule has 0 aliphatic carbocycles. The first-order valence-corrected chi connectivity index (χ1v) is 7.57. The van der Waals surface area contributed by atoms with Crippen LogP contribution in [0.3, 0.4) is 0 Å². The van der Waals surface area contributed by atoms with Gasteiger partial charge in [-0.2, -0.15) is 0 Å². The molecule has 0 amide bonds. The van der Waals surface area contributed by atoms with E-state index in [-0.39, 0.29) is 6.04 Å². The van der Waals surface area contributed by atoms with Crippen molar-refractivity contribution in [3.63, 3.8) is 0 Å². The fraction of sp³-hybridized carbons (Fsp3) is 0.294. The number of ether oxygens (including phenoxy) is 2. The average Bonchev–Trinajstić information content (AvgIpc) is 2.49. The molecular weight excluding hydrogens is 330 g/mol. The number of hydrogen-bond acceptors (Lipinski definition) is 3. The third-order valence-electron chi connectivity index (χ3n) is 3.54. The lowest BCUT2D eigenvalue weighted by Gasteiger charge is -2.16. The lowest BCUT2D eigenvalue weighted by molar-refractivity contribution is 0.354. The second-order valence-corrected chi connectivity index (χ2v) is 5.92. The van der Waals surface area contributed by atoms with Gasteiger partial charge >= 0.3 is 0 Å². The van der Waals surface area contributed by atoms with Crippen LogP contribution >= 0.6 is 15.9 Å². The first-order valence-electron chi connectivity index (χ1n) is 6.77. The SMILES string of the molecule is COc1ccc(CC(N)c2cc(Br)ccc2C)cc1OC. The van der Waals surface area contributed by atoms with Crippen molar-refractivity contribution in [1.82, 2.24) is 0 Å².